The van der Waals surface area contributed by atoms with Gasteiger partial charge in [0.05, 0.1) is 36.6 Å². The Kier molecular flexibility index (Phi) is 2.88. The topological polar surface area (TPSA) is 66.7 Å². The Labute approximate surface area is 95.3 Å². The zero-order valence-electron chi connectivity index (χ0n) is 8.18. The number of aromatic amines is 1. The average molecular weight is 271 g/mol. The summed E-state index contributed by atoms with van der Waals surface area (Å²) >= 11 is 3.27. The Morgan fingerprint density at radius 2 is 2.47 bits per heavy atom. The lowest BCUT2D eigenvalue weighted by molar-refractivity contribution is 0.239. The van der Waals surface area contributed by atoms with Gasteiger partial charge in [-0.15, -0.1) is 0 Å². The predicted octanol–water partition coefficient (Wildman–Crippen LogP) is 1.59. The van der Waals surface area contributed by atoms with Gasteiger partial charge in [-0.3, -0.25) is 5.10 Å². The van der Waals surface area contributed by atoms with Crippen LogP contribution in [0.25, 0.3) is 11.4 Å². The molecule has 0 aliphatic carbocycles. The van der Waals surface area contributed by atoms with E-state index in [0.29, 0.717) is 0 Å². The van der Waals surface area contributed by atoms with Crippen molar-refractivity contribution >= 4 is 15.9 Å². The Hall–Kier alpha value is -1.14. The van der Waals surface area contributed by atoms with Crippen LogP contribution in [-0.2, 0) is 0 Å². The van der Waals surface area contributed by atoms with E-state index in [2.05, 4.69) is 31.1 Å². The van der Waals surface area contributed by atoms with Crippen LogP contribution in [-0.4, -0.2) is 31.5 Å². The minimum Gasteiger partial charge on any atom is -0.394 e. The van der Waals surface area contributed by atoms with Crippen LogP contribution in [0.4, 0.5) is 0 Å². The van der Waals surface area contributed by atoms with E-state index >= 15 is 0 Å². The van der Waals surface area contributed by atoms with E-state index in [9.17, 15) is 0 Å². The number of nitrogens with zero attached hydrogens (tertiary/aromatic N) is 3. The molecule has 0 radical (unpaired) electrons. The second kappa shape index (κ2) is 4.16. The summed E-state index contributed by atoms with van der Waals surface area (Å²) in [6.07, 6.45) is 3.44. The van der Waals surface area contributed by atoms with Gasteiger partial charge in [0.25, 0.3) is 0 Å². The summed E-state index contributed by atoms with van der Waals surface area (Å²) in [5, 5.41) is 16.0. The zero-order chi connectivity index (χ0) is 10.8. The molecule has 2 heterocycles. The molecule has 15 heavy (non-hydrogen) atoms. The van der Waals surface area contributed by atoms with Crippen LogP contribution in [0.2, 0.25) is 0 Å². The normalized spacial score (nSPS) is 13.0. The highest BCUT2D eigenvalue weighted by Crippen LogP contribution is 2.22. The van der Waals surface area contributed by atoms with Gasteiger partial charge in [-0.25, -0.2) is 4.98 Å². The number of nitrogens with one attached hydrogen (secondary N) is 1. The van der Waals surface area contributed by atoms with Crippen LogP contribution in [0.15, 0.2) is 23.2 Å². The van der Waals surface area contributed by atoms with Gasteiger partial charge in [0.15, 0.2) is 0 Å². The van der Waals surface area contributed by atoms with Crippen molar-refractivity contribution in [3.63, 3.8) is 0 Å². The lowest BCUT2D eigenvalue weighted by atomic mass is 10.3. The van der Waals surface area contributed by atoms with Crippen molar-refractivity contribution < 1.29 is 5.11 Å². The zero-order valence-corrected chi connectivity index (χ0v) is 9.77. The van der Waals surface area contributed by atoms with Gasteiger partial charge >= 0.3 is 0 Å². The Morgan fingerprint density at radius 3 is 3.07 bits per heavy atom. The van der Waals surface area contributed by atoms with Crippen molar-refractivity contribution in [1.82, 2.24) is 19.7 Å². The number of H-pyrrole nitrogens is 1. The highest BCUT2D eigenvalue weighted by atomic mass is 79.9. The third-order valence-corrected chi connectivity index (χ3v) is 2.63. The number of aromatic nitrogens is 4. The summed E-state index contributed by atoms with van der Waals surface area (Å²) in [6.45, 7) is 2.01. The number of aliphatic hydroxyl groups excluding tert-OH is 1. The fourth-order valence-corrected chi connectivity index (χ4v) is 1.70. The van der Waals surface area contributed by atoms with Crippen LogP contribution in [0.5, 0.6) is 0 Å². The van der Waals surface area contributed by atoms with Crippen molar-refractivity contribution in [2.75, 3.05) is 6.61 Å². The molecule has 2 aromatic rings. The first-order valence-electron chi connectivity index (χ1n) is 4.56. The summed E-state index contributed by atoms with van der Waals surface area (Å²) in [5.74, 6) is 0. The van der Waals surface area contributed by atoms with Gasteiger partial charge in [-0.2, -0.15) is 5.10 Å². The highest BCUT2D eigenvalue weighted by molar-refractivity contribution is 9.10. The van der Waals surface area contributed by atoms with Crippen molar-refractivity contribution in [3.05, 3.63) is 23.2 Å². The van der Waals surface area contributed by atoms with Crippen LogP contribution >= 0.6 is 15.9 Å². The molecule has 2 N–H and O–H groups in total. The number of imidazole rings is 1. The molecule has 5 nitrogen and oxygen atoms in total. The van der Waals surface area contributed by atoms with E-state index in [1.54, 1.807) is 12.5 Å². The predicted molar refractivity (Wildman–Crippen MR) is 59.3 cm³/mol. The molecular formula is C9H11BrN4O. The highest BCUT2D eigenvalue weighted by Gasteiger charge is 2.11. The molecule has 0 aromatic carbocycles. The molecule has 0 unspecified atom stereocenters. The molecule has 0 aliphatic heterocycles. The van der Waals surface area contributed by atoms with E-state index in [-0.39, 0.29) is 12.6 Å². The summed E-state index contributed by atoms with van der Waals surface area (Å²) < 4.78 is 2.65. The number of hydrogen-bond acceptors (Lipinski definition) is 3. The third-order valence-electron chi connectivity index (χ3n) is 2.23. The summed E-state index contributed by atoms with van der Waals surface area (Å²) in [5.41, 5.74) is 1.79. The van der Waals surface area contributed by atoms with Gasteiger partial charge in [-0.05, 0) is 28.9 Å². The fourth-order valence-electron chi connectivity index (χ4n) is 1.38. The molecule has 2 aromatic heterocycles. The molecule has 0 spiro atoms. The van der Waals surface area contributed by atoms with E-state index in [1.165, 1.54) is 0 Å². The number of hydrogen-bond donors (Lipinski definition) is 2. The van der Waals surface area contributed by atoms with E-state index in [1.807, 2.05) is 17.6 Å². The monoisotopic (exact) mass is 270 g/mol. The largest absolute Gasteiger partial charge is 0.394 e. The maximum absolute atomic E-state index is 9.10. The van der Waals surface area contributed by atoms with Crippen LogP contribution in [0.3, 0.4) is 0 Å². The first-order chi connectivity index (χ1) is 7.22. The lowest BCUT2D eigenvalue weighted by Gasteiger charge is -2.12. The van der Waals surface area contributed by atoms with Crippen LogP contribution in [0.1, 0.15) is 13.0 Å². The van der Waals surface area contributed by atoms with E-state index in [0.717, 1.165) is 16.0 Å². The lowest BCUT2D eigenvalue weighted by Crippen LogP contribution is -2.09. The molecule has 0 fully saturated rings. The SMILES string of the molecule is C[C@@H](CO)n1cncc1-c1cc(Br)n[nH]1. The standard InChI is InChI=1S/C9H11BrN4O/c1-6(4-15)14-5-11-3-8(14)7-2-9(10)13-12-7/h2-3,5-6,15H,4H2,1H3,(H,12,13)/t6-/m0/s1. The van der Waals surface area contributed by atoms with Gasteiger partial charge in [0, 0.05) is 0 Å². The van der Waals surface area contributed by atoms with Gasteiger partial charge in [0.2, 0.25) is 0 Å². The first kappa shape index (κ1) is 10.4. The molecule has 0 saturated heterocycles. The van der Waals surface area contributed by atoms with Gasteiger partial charge < -0.3 is 9.67 Å². The van der Waals surface area contributed by atoms with Crippen molar-refractivity contribution in [1.29, 1.82) is 0 Å². The Balaban J connectivity index is 2.40. The summed E-state index contributed by atoms with van der Waals surface area (Å²) in [4.78, 5) is 4.07. The van der Waals surface area contributed by atoms with Crippen molar-refractivity contribution in [2.24, 2.45) is 0 Å². The van der Waals surface area contributed by atoms with Crippen LogP contribution in [0, 0.1) is 0 Å². The molecule has 0 bridgehead atoms. The quantitative estimate of drug-likeness (QED) is 0.890. The van der Waals surface area contributed by atoms with E-state index in [4.69, 9.17) is 5.11 Å². The van der Waals surface area contributed by atoms with Gasteiger partial charge in [-0.1, -0.05) is 0 Å². The number of halogens is 1. The molecule has 2 rings (SSSR count). The van der Waals surface area contributed by atoms with Gasteiger partial charge in [0.1, 0.15) is 4.60 Å². The van der Waals surface area contributed by atoms with E-state index < -0.39 is 0 Å². The first-order valence-corrected chi connectivity index (χ1v) is 5.35. The van der Waals surface area contributed by atoms with Crippen molar-refractivity contribution in [2.45, 2.75) is 13.0 Å². The van der Waals surface area contributed by atoms with Crippen LogP contribution < -0.4 is 0 Å². The molecule has 0 amide bonds. The third kappa shape index (κ3) is 1.95. The second-order valence-corrected chi connectivity index (χ2v) is 4.13. The van der Waals surface area contributed by atoms with Crippen molar-refractivity contribution in [3.8, 4) is 11.4 Å². The minimum absolute atomic E-state index is 0.00424. The molecule has 0 aliphatic rings. The molecular weight excluding hydrogens is 260 g/mol. The smallest absolute Gasteiger partial charge is 0.128 e. The average Bonchev–Trinajstić information content (AvgIpc) is 2.84. The summed E-state index contributed by atoms with van der Waals surface area (Å²) in [7, 11) is 0. The maximum Gasteiger partial charge on any atom is 0.128 e. The summed E-state index contributed by atoms with van der Waals surface area (Å²) in [6, 6.07) is 1.88. The second-order valence-electron chi connectivity index (χ2n) is 3.32. The number of rotatable bonds is 3. The minimum atomic E-state index is 0.00424. The maximum atomic E-state index is 9.10. The number of aliphatic hydroxyl groups is 1. The molecule has 80 valence electrons. The Morgan fingerprint density at radius 1 is 1.67 bits per heavy atom. The molecule has 1 atom stereocenters. The molecule has 6 heteroatoms. The fraction of sp³-hybridized carbons (Fsp3) is 0.333. The Bertz CT molecular complexity index is 450. The molecule has 0 saturated carbocycles.